The van der Waals surface area contributed by atoms with Crippen molar-refractivity contribution in [1.29, 1.82) is 0 Å². The molecule has 3 heteroatoms. The van der Waals surface area contributed by atoms with E-state index in [1.165, 1.54) is 11.1 Å². The molecule has 1 aromatic rings. The zero-order valence-electron chi connectivity index (χ0n) is 10.8. The summed E-state index contributed by atoms with van der Waals surface area (Å²) in [6.07, 6.45) is 2.35. The highest BCUT2D eigenvalue weighted by molar-refractivity contribution is 5.44. The Morgan fingerprint density at radius 3 is 2.94 bits per heavy atom. The monoisotopic (exact) mass is 235 g/mol. The maximum Gasteiger partial charge on any atom is 0.127 e. The van der Waals surface area contributed by atoms with Crippen LogP contribution in [0.2, 0.25) is 0 Å². The van der Waals surface area contributed by atoms with E-state index in [2.05, 4.69) is 30.4 Å². The number of hydrogen-bond donors (Lipinski definition) is 1. The number of fused-ring (bicyclic) bond motifs is 1. The Morgan fingerprint density at radius 2 is 2.24 bits per heavy atom. The molecule has 0 fully saturated rings. The third-order valence-corrected chi connectivity index (χ3v) is 3.45. The molecule has 2 atom stereocenters. The van der Waals surface area contributed by atoms with E-state index in [0.29, 0.717) is 0 Å². The second-order valence-corrected chi connectivity index (χ2v) is 4.49. The van der Waals surface area contributed by atoms with Gasteiger partial charge in [0.25, 0.3) is 0 Å². The van der Waals surface area contributed by atoms with Gasteiger partial charge in [-0.15, -0.1) is 0 Å². The van der Waals surface area contributed by atoms with Crippen LogP contribution in [0.25, 0.3) is 0 Å². The largest absolute Gasteiger partial charge is 0.493 e. The predicted octanol–water partition coefficient (Wildman–Crippen LogP) is 2.31. The Labute approximate surface area is 103 Å². The summed E-state index contributed by atoms with van der Waals surface area (Å²) in [5, 5.41) is 3.31. The van der Waals surface area contributed by atoms with Crippen molar-refractivity contribution in [1.82, 2.24) is 5.32 Å². The quantitative estimate of drug-likeness (QED) is 0.868. The molecule has 0 radical (unpaired) electrons. The molecule has 0 amide bonds. The van der Waals surface area contributed by atoms with Crippen LogP contribution in [0.5, 0.6) is 5.75 Å². The zero-order chi connectivity index (χ0) is 12.3. The smallest absolute Gasteiger partial charge is 0.127 e. The fourth-order valence-corrected chi connectivity index (χ4v) is 2.44. The minimum Gasteiger partial charge on any atom is -0.493 e. The van der Waals surface area contributed by atoms with Crippen LogP contribution in [0.3, 0.4) is 0 Å². The predicted molar refractivity (Wildman–Crippen MR) is 68.5 cm³/mol. The molecule has 0 saturated heterocycles. The van der Waals surface area contributed by atoms with Gasteiger partial charge in [0, 0.05) is 12.7 Å². The van der Waals surface area contributed by atoms with Crippen molar-refractivity contribution in [3.63, 3.8) is 0 Å². The third kappa shape index (κ3) is 2.45. The van der Waals surface area contributed by atoms with Gasteiger partial charge >= 0.3 is 0 Å². The van der Waals surface area contributed by atoms with Crippen molar-refractivity contribution >= 4 is 0 Å². The Balaban J connectivity index is 2.36. The highest BCUT2D eigenvalue weighted by Crippen LogP contribution is 2.34. The summed E-state index contributed by atoms with van der Waals surface area (Å²) >= 11 is 0. The molecule has 0 saturated carbocycles. The van der Waals surface area contributed by atoms with Crippen LogP contribution in [0.1, 0.15) is 30.5 Å². The first-order chi connectivity index (χ1) is 8.27. The van der Waals surface area contributed by atoms with E-state index in [9.17, 15) is 0 Å². The molecule has 1 heterocycles. The van der Waals surface area contributed by atoms with Gasteiger partial charge in [-0.05, 0) is 32.4 Å². The lowest BCUT2D eigenvalue weighted by atomic mass is 9.95. The Hall–Kier alpha value is -1.06. The molecular weight excluding hydrogens is 214 g/mol. The molecule has 94 valence electrons. The molecule has 2 unspecified atom stereocenters. The Bertz CT molecular complexity index is 378. The number of ether oxygens (including phenoxy) is 2. The first-order valence-corrected chi connectivity index (χ1v) is 6.22. The third-order valence-electron chi connectivity index (χ3n) is 3.45. The van der Waals surface area contributed by atoms with Gasteiger partial charge in [-0.25, -0.2) is 0 Å². The zero-order valence-corrected chi connectivity index (χ0v) is 10.8. The Kier molecular flexibility index (Phi) is 4.02. The van der Waals surface area contributed by atoms with Crippen LogP contribution in [0.15, 0.2) is 18.2 Å². The highest BCUT2D eigenvalue weighted by Gasteiger charge is 2.23. The molecule has 2 rings (SSSR count). The normalized spacial score (nSPS) is 18.1. The van der Waals surface area contributed by atoms with Crippen molar-refractivity contribution in [2.75, 3.05) is 20.8 Å². The number of likely N-dealkylation sites (N-methyl/N-ethyl adjacent to an activating group) is 1. The topological polar surface area (TPSA) is 30.5 Å². The van der Waals surface area contributed by atoms with Crippen LogP contribution >= 0.6 is 0 Å². The van der Waals surface area contributed by atoms with E-state index in [0.717, 1.165) is 25.2 Å². The average Bonchev–Trinajstić information content (AvgIpc) is 2.39. The number of rotatable bonds is 4. The van der Waals surface area contributed by atoms with Gasteiger partial charge in [-0.2, -0.15) is 0 Å². The number of methoxy groups -OCH3 is 1. The molecule has 1 aliphatic heterocycles. The van der Waals surface area contributed by atoms with E-state index >= 15 is 0 Å². The first-order valence-electron chi connectivity index (χ1n) is 6.22. The fourth-order valence-electron chi connectivity index (χ4n) is 2.44. The van der Waals surface area contributed by atoms with Crippen LogP contribution in [0.4, 0.5) is 0 Å². The average molecular weight is 235 g/mol. The number of aryl methyl sites for hydroxylation is 1. The summed E-state index contributed by atoms with van der Waals surface area (Å²) in [6.45, 7) is 2.89. The van der Waals surface area contributed by atoms with E-state index in [1.807, 2.05) is 7.05 Å². The summed E-state index contributed by atoms with van der Waals surface area (Å²) in [6, 6.07) is 6.56. The number of nitrogens with one attached hydrogen (secondary N) is 1. The lowest BCUT2D eigenvalue weighted by Crippen LogP contribution is -2.29. The summed E-state index contributed by atoms with van der Waals surface area (Å²) in [7, 11) is 3.70. The van der Waals surface area contributed by atoms with E-state index in [-0.39, 0.29) is 12.1 Å². The summed E-state index contributed by atoms with van der Waals surface area (Å²) in [5.41, 5.74) is 2.52. The molecular formula is C14H21NO2. The fraction of sp³-hybridized carbons (Fsp3) is 0.571. The van der Waals surface area contributed by atoms with Gasteiger partial charge in [-0.1, -0.05) is 18.2 Å². The lowest BCUT2D eigenvalue weighted by molar-refractivity contribution is 0.0842. The molecule has 1 N–H and O–H groups in total. The van der Waals surface area contributed by atoms with Gasteiger partial charge in [-0.3, -0.25) is 0 Å². The second-order valence-electron chi connectivity index (χ2n) is 4.49. The van der Waals surface area contributed by atoms with Crippen molar-refractivity contribution in [3.05, 3.63) is 29.3 Å². The van der Waals surface area contributed by atoms with Crippen molar-refractivity contribution in [2.45, 2.75) is 31.9 Å². The molecule has 0 spiro atoms. The first kappa shape index (κ1) is 12.4. The van der Waals surface area contributed by atoms with Gasteiger partial charge in [0.05, 0.1) is 18.8 Å². The molecule has 0 aliphatic carbocycles. The van der Waals surface area contributed by atoms with Gasteiger partial charge in [0.15, 0.2) is 0 Å². The van der Waals surface area contributed by atoms with Crippen LogP contribution in [-0.4, -0.2) is 26.9 Å². The SMILES string of the molecule is CNC(c1cccc2c1OCCC2)C(C)OC. The molecule has 0 bridgehead atoms. The van der Waals surface area contributed by atoms with Crippen LogP contribution < -0.4 is 10.1 Å². The van der Waals surface area contributed by atoms with Gasteiger partial charge < -0.3 is 14.8 Å². The summed E-state index contributed by atoms with van der Waals surface area (Å²) in [5.74, 6) is 1.06. The van der Waals surface area contributed by atoms with Crippen LogP contribution in [0, 0.1) is 0 Å². The minimum absolute atomic E-state index is 0.122. The summed E-state index contributed by atoms with van der Waals surface area (Å²) in [4.78, 5) is 0. The minimum atomic E-state index is 0.122. The maximum atomic E-state index is 5.84. The Morgan fingerprint density at radius 1 is 1.41 bits per heavy atom. The van der Waals surface area contributed by atoms with E-state index in [1.54, 1.807) is 7.11 Å². The van der Waals surface area contributed by atoms with Crippen molar-refractivity contribution < 1.29 is 9.47 Å². The number of benzene rings is 1. The maximum absolute atomic E-state index is 5.84. The molecule has 1 aromatic carbocycles. The summed E-state index contributed by atoms with van der Waals surface area (Å²) < 4.78 is 11.3. The van der Waals surface area contributed by atoms with Gasteiger partial charge in [0.2, 0.25) is 0 Å². The molecule has 17 heavy (non-hydrogen) atoms. The lowest BCUT2D eigenvalue weighted by Gasteiger charge is -2.28. The van der Waals surface area contributed by atoms with E-state index in [4.69, 9.17) is 9.47 Å². The molecule has 1 aliphatic rings. The standard InChI is InChI=1S/C14H21NO2/c1-10(16-3)13(15-2)12-8-4-6-11-7-5-9-17-14(11)12/h4,6,8,10,13,15H,5,7,9H2,1-3H3. The van der Waals surface area contributed by atoms with Crippen LogP contribution in [-0.2, 0) is 11.2 Å². The molecule has 3 nitrogen and oxygen atoms in total. The number of hydrogen-bond acceptors (Lipinski definition) is 3. The second kappa shape index (κ2) is 5.52. The number of para-hydroxylation sites is 1. The highest BCUT2D eigenvalue weighted by atomic mass is 16.5. The van der Waals surface area contributed by atoms with Crippen molar-refractivity contribution in [3.8, 4) is 5.75 Å². The van der Waals surface area contributed by atoms with E-state index < -0.39 is 0 Å². The van der Waals surface area contributed by atoms with Crippen molar-refractivity contribution in [2.24, 2.45) is 0 Å². The molecule has 0 aromatic heterocycles. The van der Waals surface area contributed by atoms with Gasteiger partial charge in [0.1, 0.15) is 5.75 Å².